The van der Waals surface area contributed by atoms with E-state index in [1.54, 1.807) is 45.2 Å². The number of piperazine rings is 1. The molecule has 3 heterocycles. The van der Waals surface area contributed by atoms with Gasteiger partial charge in [0.05, 0.1) is 18.3 Å². The normalized spacial score (nSPS) is 20.8. The number of urea groups is 1. The summed E-state index contributed by atoms with van der Waals surface area (Å²) in [5, 5.41) is 20.9. The molecule has 3 atom stereocenters. The molecule has 2 aliphatic rings. The number of carbonyl (C=O) groups is 3. The van der Waals surface area contributed by atoms with Crippen molar-refractivity contribution in [2.24, 2.45) is 0 Å². The molecule has 4 aromatic rings. The number of H-pyrrole nitrogens is 1. The van der Waals surface area contributed by atoms with Crippen LogP contribution in [0.5, 0.6) is 5.75 Å². The van der Waals surface area contributed by atoms with Gasteiger partial charge in [0.15, 0.2) is 0 Å². The van der Waals surface area contributed by atoms with E-state index in [4.69, 9.17) is 0 Å². The van der Waals surface area contributed by atoms with E-state index in [0.717, 1.165) is 27.6 Å². The summed E-state index contributed by atoms with van der Waals surface area (Å²) >= 11 is 0. The number of nitrogens with one attached hydrogen (secondary N) is 2. The Morgan fingerprint density at radius 3 is 2.59 bits per heavy atom. The number of carbonyl (C=O) groups excluding carboxylic acids is 3. The fourth-order valence-corrected chi connectivity index (χ4v) is 5.98. The molecule has 2 saturated heterocycles. The summed E-state index contributed by atoms with van der Waals surface area (Å²) < 4.78 is 0. The van der Waals surface area contributed by atoms with Crippen molar-refractivity contribution in [2.75, 3.05) is 6.54 Å². The Bertz CT molecular complexity index is 1570. The highest BCUT2D eigenvalue weighted by Crippen LogP contribution is 2.32. The van der Waals surface area contributed by atoms with Crippen LogP contribution in [-0.2, 0) is 29.1 Å². The topological polar surface area (TPSA) is 122 Å². The molecule has 4 amide bonds. The number of aromatic hydroxyl groups is 1. The van der Waals surface area contributed by atoms with E-state index >= 15 is 0 Å². The van der Waals surface area contributed by atoms with Crippen LogP contribution in [0.25, 0.3) is 10.9 Å². The molecule has 210 valence electrons. The van der Waals surface area contributed by atoms with Gasteiger partial charge in [0.1, 0.15) is 18.0 Å². The summed E-state index contributed by atoms with van der Waals surface area (Å²) in [7, 11) is 0. The van der Waals surface area contributed by atoms with Crippen molar-refractivity contribution < 1.29 is 19.5 Å². The van der Waals surface area contributed by atoms with Crippen molar-refractivity contribution in [3.63, 3.8) is 0 Å². The molecule has 10 heteroatoms. The fraction of sp³-hybridized carbons (Fsp3) is 0.290. The van der Waals surface area contributed by atoms with E-state index in [2.05, 4.69) is 15.5 Å². The van der Waals surface area contributed by atoms with Crippen molar-refractivity contribution in [3.05, 3.63) is 95.7 Å². The number of hydrogen-bond acceptors (Lipinski definition) is 5. The monoisotopic (exact) mass is 552 g/mol. The lowest BCUT2D eigenvalue weighted by molar-refractivity contribution is -0.170. The van der Waals surface area contributed by atoms with Gasteiger partial charge < -0.3 is 20.2 Å². The largest absolute Gasteiger partial charge is 0.508 e. The summed E-state index contributed by atoms with van der Waals surface area (Å²) in [6, 6.07) is 20.7. The maximum atomic E-state index is 14.1. The number of para-hydroxylation sites is 1. The number of phenolic OH excluding ortho intramolecular Hbond substituents is 1. The molecule has 0 unspecified atom stereocenters. The predicted octanol–water partition coefficient (Wildman–Crippen LogP) is 3.38. The quantitative estimate of drug-likeness (QED) is 0.339. The highest BCUT2D eigenvalue weighted by Gasteiger charge is 2.50. The molecular weight excluding hydrogens is 520 g/mol. The van der Waals surface area contributed by atoms with Gasteiger partial charge in [-0.25, -0.2) is 4.79 Å². The second kappa shape index (κ2) is 11.0. The molecule has 6 rings (SSSR count). The molecule has 2 aliphatic heterocycles. The number of aromatic nitrogens is 2. The second-order valence-corrected chi connectivity index (χ2v) is 10.7. The number of amides is 4. The first-order chi connectivity index (χ1) is 19.9. The maximum absolute atomic E-state index is 14.1. The average molecular weight is 553 g/mol. The number of rotatable bonds is 6. The predicted molar refractivity (Wildman–Crippen MR) is 152 cm³/mol. The Hall–Kier alpha value is -4.86. The molecule has 0 radical (unpaired) electrons. The summed E-state index contributed by atoms with van der Waals surface area (Å²) in [6.07, 6.45) is 1.50. The number of aromatic amines is 1. The zero-order valence-corrected chi connectivity index (χ0v) is 22.7. The van der Waals surface area contributed by atoms with Crippen LogP contribution in [-0.4, -0.2) is 72.6 Å². The molecule has 0 aliphatic carbocycles. The first-order valence-electron chi connectivity index (χ1n) is 13.8. The Morgan fingerprint density at radius 2 is 1.80 bits per heavy atom. The van der Waals surface area contributed by atoms with Crippen molar-refractivity contribution in [1.29, 1.82) is 0 Å². The Labute approximate surface area is 237 Å². The Balaban J connectivity index is 1.33. The van der Waals surface area contributed by atoms with E-state index in [1.807, 2.05) is 55.5 Å². The van der Waals surface area contributed by atoms with E-state index in [0.29, 0.717) is 13.1 Å². The van der Waals surface area contributed by atoms with Gasteiger partial charge in [-0.15, -0.1) is 0 Å². The molecule has 0 bridgehead atoms. The summed E-state index contributed by atoms with van der Waals surface area (Å²) in [5.74, 6) is -0.208. The molecule has 3 aromatic carbocycles. The van der Waals surface area contributed by atoms with Crippen molar-refractivity contribution in [3.8, 4) is 5.75 Å². The van der Waals surface area contributed by atoms with Gasteiger partial charge in [-0.05, 0) is 35.7 Å². The Kier molecular flexibility index (Phi) is 7.05. The van der Waals surface area contributed by atoms with Crippen LogP contribution in [0.4, 0.5) is 4.79 Å². The van der Waals surface area contributed by atoms with Gasteiger partial charge in [0.25, 0.3) is 0 Å². The van der Waals surface area contributed by atoms with Crippen molar-refractivity contribution in [1.82, 2.24) is 30.2 Å². The van der Waals surface area contributed by atoms with Crippen LogP contribution >= 0.6 is 0 Å². The number of nitrogens with zero attached hydrogens (tertiary/aromatic N) is 4. The fourth-order valence-electron chi connectivity index (χ4n) is 5.98. The van der Waals surface area contributed by atoms with E-state index < -0.39 is 12.2 Å². The smallest absolute Gasteiger partial charge is 0.319 e. The van der Waals surface area contributed by atoms with E-state index in [9.17, 15) is 19.5 Å². The summed E-state index contributed by atoms with van der Waals surface area (Å²) in [4.78, 5) is 46.3. The van der Waals surface area contributed by atoms with Crippen LogP contribution in [0, 0.1) is 0 Å². The van der Waals surface area contributed by atoms with Crippen LogP contribution in [0.1, 0.15) is 30.0 Å². The minimum absolute atomic E-state index is 0.125. The van der Waals surface area contributed by atoms with Crippen LogP contribution in [0.2, 0.25) is 0 Å². The summed E-state index contributed by atoms with van der Waals surface area (Å²) in [6.45, 7) is 2.71. The molecule has 1 aromatic heterocycles. The minimum atomic E-state index is -0.802. The Morgan fingerprint density at radius 1 is 1.02 bits per heavy atom. The van der Waals surface area contributed by atoms with Crippen LogP contribution in [0.15, 0.2) is 79.0 Å². The lowest BCUT2D eigenvalue weighted by Gasteiger charge is -2.54. The number of hydrogen-bond donors (Lipinski definition) is 3. The van der Waals surface area contributed by atoms with Crippen molar-refractivity contribution >= 4 is 28.7 Å². The number of benzene rings is 3. The third-order valence-corrected chi connectivity index (χ3v) is 8.00. The van der Waals surface area contributed by atoms with Gasteiger partial charge in [0.2, 0.25) is 11.8 Å². The van der Waals surface area contributed by atoms with Gasteiger partial charge in [0, 0.05) is 37.4 Å². The minimum Gasteiger partial charge on any atom is -0.508 e. The zero-order chi connectivity index (χ0) is 28.5. The molecule has 3 N–H and O–H groups in total. The molecular formula is C31H32N6O4. The first kappa shape index (κ1) is 26.4. The van der Waals surface area contributed by atoms with E-state index in [1.165, 1.54) is 0 Å². The number of fused-ring (bicyclic) bond motifs is 2. The highest BCUT2D eigenvalue weighted by molar-refractivity contribution is 5.92. The molecule has 10 nitrogen and oxygen atoms in total. The SMILES string of the molecule is C[C@@H]1CC(=O)N2[C@H](CN(Cc3cccc4cn[nH]c34)C(=O)[C@@H]2Cc2ccc(O)cc2)N1C(=O)NCc1ccccc1. The first-order valence-corrected chi connectivity index (χ1v) is 13.8. The molecule has 0 saturated carbocycles. The molecule has 0 spiro atoms. The van der Waals surface area contributed by atoms with Gasteiger partial charge >= 0.3 is 6.03 Å². The summed E-state index contributed by atoms with van der Waals surface area (Å²) in [5.41, 5.74) is 3.53. The lowest BCUT2D eigenvalue weighted by atomic mass is 9.95. The molecule has 41 heavy (non-hydrogen) atoms. The third-order valence-electron chi connectivity index (χ3n) is 8.00. The van der Waals surface area contributed by atoms with Crippen molar-refractivity contribution in [2.45, 2.75) is 51.1 Å². The maximum Gasteiger partial charge on any atom is 0.319 e. The standard InChI is InChI=1S/C31H32N6O4/c1-20-14-28(39)37-26(15-21-10-12-25(38)13-11-21)30(40)35(18-24-9-5-8-23-17-33-34-29(23)24)19-27(37)36(20)31(41)32-16-22-6-3-2-4-7-22/h2-13,17,20,26-27,38H,14-16,18-19H2,1H3,(H,32,41)(H,33,34)/t20-,26+,27-/m1/s1. The van der Waals surface area contributed by atoms with Crippen LogP contribution < -0.4 is 5.32 Å². The average Bonchev–Trinajstić information content (AvgIpc) is 3.46. The van der Waals surface area contributed by atoms with E-state index in [-0.39, 0.29) is 49.0 Å². The van der Waals surface area contributed by atoms with Gasteiger partial charge in [-0.1, -0.05) is 60.7 Å². The molecule has 2 fully saturated rings. The second-order valence-electron chi connectivity index (χ2n) is 10.7. The highest BCUT2D eigenvalue weighted by atomic mass is 16.3. The lowest BCUT2D eigenvalue weighted by Crippen LogP contribution is -2.73. The third kappa shape index (κ3) is 5.20. The van der Waals surface area contributed by atoms with Gasteiger partial charge in [-0.3, -0.25) is 19.6 Å². The number of phenols is 1. The zero-order valence-electron chi connectivity index (χ0n) is 22.7. The van der Waals surface area contributed by atoms with Gasteiger partial charge in [-0.2, -0.15) is 5.10 Å². The van der Waals surface area contributed by atoms with Crippen LogP contribution in [0.3, 0.4) is 0 Å².